The number of ether oxygens (including phenoxy) is 1. The number of carbonyl (C=O) groups excluding carboxylic acids is 1. The summed E-state index contributed by atoms with van der Waals surface area (Å²) in [5.74, 6) is 0.715. The highest BCUT2D eigenvalue weighted by atomic mass is 16.5. The zero-order valence-corrected chi connectivity index (χ0v) is 19.7. The fraction of sp³-hybridized carbons (Fsp3) is 0.214. The van der Waals surface area contributed by atoms with Crippen molar-refractivity contribution < 1.29 is 9.53 Å². The van der Waals surface area contributed by atoms with Gasteiger partial charge in [-0.1, -0.05) is 42.5 Å². The van der Waals surface area contributed by atoms with Crippen LogP contribution in [0.5, 0.6) is 5.75 Å². The van der Waals surface area contributed by atoms with Crippen molar-refractivity contribution >= 4 is 22.6 Å². The predicted octanol–water partition coefficient (Wildman–Crippen LogP) is 5.43. The van der Waals surface area contributed by atoms with E-state index in [9.17, 15) is 9.59 Å². The first-order valence-corrected chi connectivity index (χ1v) is 11.3. The molecule has 4 aromatic rings. The maximum atomic E-state index is 13.3. The van der Waals surface area contributed by atoms with Crippen molar-refractivity contribution in [2.45, 2.75) is 26.8 Å². The molecule has 0 fully saturated rings. The molecular formula is C28H29N3O3. The SMILES string of the molecule is COc1ccc(NC(=O)N(CCc2ccccc2)Cc2cc3c(C)ccc(C)c3[nH]c2=O)cc1. The summed E-state index contributed by atoms with van der Waals surface area (Å²) in [4.78, 5) is 30.9. The number of anilines is 1. The Bertz CT molecular complexity index is 1350. The lowest BCUT2D eigenvalue weighted by atomic mass is 10.0. The summed E-state index contributed by atoms with van der Waals surface area (Å²) in [6, 6.07) is 22.9. The van der Waals surface area contributed by atoms with Crippen LogP contribution in [0.1, 0.15) is 22.3 Å². The second kappa shape index (κ2) is 10.3. The highest BCUT2D eigenvalue weighted by Crippen LogP contribution is 2.21. The lowest BCUT2D eigenvalue weighted by Crippen LogP contribution is -2.37. The number of aromatic nitrogens is 1. The molecule has 0 aliphatic heterocycles. The van der Waals surface area contributed by atoms with Gasteiger partial charge in [0.05, 0.1) is 19.2 Å². The van der Waals surface area contributed by atoms with Crippen LogP contribution in [0.4, 0.5) is 10.5 Å². The first-order valence-electron chi connectivity index (χ1n) is 11.3. The molecule has 0 bridgehead atoms. The molecule has 0 saturated heterocycles. The number of rotatable bonds is 7. The molecule has 0 aliphatic carbocycles. The summed E-state index contributed by atoms with van der Waals surface area (Å²) in [7, 11) is 1.60. The third kappa shape index (κ3) is 5.29. The number of benzene rings is 3. The third-order valence-corrected chi connectivity index (χ3v) is 6.02. The van der Waals surface area contributed by atoms with Crippen LogP contribution < -0.4 is 15.6 Å². The van der Waals surface area contributed by atoms with Gasteiger partial charge in [0.25, 0.3) is 5.56 Å². The lowest BCUT2D eigenvalue weighted by Gasteiger charge is -2.23. The zero-order chi connectivity index (χ0) is 24.1. The molecule has 0 saturated carbocycles. The van der Waals surface area contributed by atoms with E-state index >= 15 is 0 Å². The van der Waals surface area contributed by atoms with Crippen LogP contribution in [0.25, 0.3) is 10.9 Å². The third-order valence-electron chi connectivity index (χ3n) is 6.02. The van der Waals surface area contributed by atoms with Crippen LogP contribution in [0.15, 0.2) is 77.6 Å². The highest BCUT2D eigenvalue weighted by molar-refractivity contribution is 5.89. The number of pyridine rings is 1. The molecule has 6 nitrogen and oxygen atoms in total. The molecule has 0 atom stereocenters. The van der Waals surface area contributed by atoms with E-state index in [1.165, 1.54) is 0 Å². The van der Waals surface area contributed by atoms with Gasteiger partial charge in [-0.15, -0.1) is 0 Å². The van der Waals surface area contributed by atoms with Crippen LogP contribution >= 0.6 is 0 Å². The van der Waals surface area contributed by atoms with Gasteiger partial charge in [-0.3, -0.25) is 4.79 Å². The first kappa shape index (κ1) is 23.1. The van der Waals surface area contributed by atoms with Gasteiger partial charge in [-0.25, -0.2) is 4.79 Å². The fourth-order valence-corrected chi connectivity index (χ4v) is 3.98. The first-order chi connectivity index (χ1) is 16.4. The molecular weight excluding hydrogens is 426 g/mol. The lowest BCUT2D eigenvalue weighted by molar-refractivity contribution is 0.209. The zero-order valence-electron chi connectivity index (χ0n) is 19.7. The Morgan fingerprint density at radius 1 is 0.971 bits per heavy atom. The molecule has 6 heteroatoms. The Balaban J connectivity index is 1.61. The summed E-state index contributed by atoms with van der Waals surface area (Å²) in [6.45, 7) is 4.67. The Hall–Kier alpha value is -4.06. The van der Waals surface area contributed by atoms with E-state index in [2.05, 4.69) is 10.3 Å². The number of urea groups is 1. The van der Waals surface area contributed by atoms with Crippen LogP contribution in [0.3, 0.4) is 0 Å². The van der Waals surface area contributed by atoms with Crippen LogP contribution in [0, 0.1) is 13.8 Å². The Morgan fingerprint density at radius 2 is 1.68 bits per heavy atom. The minimum Gasteiger partial charge on any atom is -0.497 e. The number of nitrogens with one attached hydrogen (secondary N) is 2. The summed E-state index contributed by atoms with van der Waals surface area (Å²) < 4.78 is 5.19. The number of nitrogens with zero attached hydrogens (tertiary/aromatic N) is 1. The van der Waals surface area contributed by atoms with E-state index in [0.29, 0.717) is 30.0 Å². The van der Waals surface area contributed by atoms with Crippen molar-refractivity contribution in [3.63, 3.8) is 0 Å². The molecule has 0 radical (unpaired) electrons. The van der Waals surface area contributed by atoms with E-state index in [0.717, 1.165) is 27.6 Å². The minimum absolute atomic E-state index is 0.178. The number of hydrogen-bond donors (Lipinski definition) is 2. The number of aryl methyl sites for hydroxylation is 2. The summed E-state index contributed by atoms with van der Waals surface area (Å²) in [5.41, 5.74) is 5.10. The van der Waals surface area contributed by atoms with Crippen LogP contribution in [-0.2, 0) is 13.0 Å². The van der Waals surface area contributed by atoms with Crippen molar-refractivity contribution in [3.8, 4) is 5.75 Å². The topological polar surface area (TPSA) is 74.4 Å². The number of amides is 2. The van der Waals surface area contributed by atoms with Gasteiger partial charge >= 0.3 is 6.03 Å². The second-order valence-corrected chi connectivity index (χ2v) is 8.43. The highest BCUT2D eigenvalue weighted by Gasteiger charge is 2.17. The van der Waals surface area contributed by atoms with Gasteiger partial charge in [0.1, 0.15) is 5.75 Å². The average Bonchev–Trinajstić information content (AvgIpc) is 2.85. The standard InChI is InChI=1S/C28H29N3O3/c1-19-9-10-20(2)26-25(19)17-22(27(32)30-26)18-31(16-15-21-7-5-4-6-8-21)28(33)29-23-11-13-24(34-3)14-12-23/h4-14,17H,15-16,18H2,1-3H3,(H,29,33)(H,30,32). The van der Waals surface area contributed by atoms with Crippen molar-refractivity contribution in [2.24, 2.45) is 0 Å². The van der Waals surface area contributed by atoms with Gasteiger partial charge in [-0.2, -0.15) is 0 Å². The van der Waals surface area contributed by atoms with Gasteiger partial charge < -0.3 is 19.9 Å². The number of hydrogen-bond acceptors (Lipinski definition) is 3. The number of aromatic amines is 1. The van der Waals surface area contributed by atoms with Crippen molar-refractivity contribution in [3.05, 3.63) is 105 Å². The fourth-order valence-electron chi connectivity index (χ4n) is 3.98. The molecule has 174 valence electrons. The number of H-pyrrole nitrogens is 1. The van der Waals surface area contributed by atoms with E-state index in [4.69, 9.17) is 4.74 Å². The van der Waals surface area contributed by atoms with E-state index in [1.807, 2.05) is 62.4 Å². The molecule has 2 amide bonds. The van der Waals surface area contributed by atoms with Gasteiger partial charge in [0, 0.05) is 23.2 Å². The maximum absolute atomic E-state index is 13.3. The van der Waals surface area contributed by atoms with E-state index in [1.54, 1.807) is 36.3 Å². The molecule has 1 heterocycles. The normalized spacial score (nSPS) is 10.8. The maximum Gasteiger partial charge on any atom is 0.322 e. The number of fused-ring (bicyclic) bond motifs is 1. The molecule has 0 spiro atoms. The smallest absolute Gasteiger partial charge is 0.322 e. The molecule has 1 aromatic heterocycles. The Kier molecular flexibility index (Phi) is 6.97. The summed E-state index contributed by atoms with van der Waals surface area (Å²) >= 11 is 0. The monoisotopic (exact) mass is 455 g/mol. The van der Waals surface area contributed by atoms with Gasteiger partial charge in [-0.05, 0) is 67.3 Å². The average molecular weight is 456 g/mol. The van der Waals surface area contributed by atoms with Gasteiger partial charge in [0.2, 0.25) is 0 Å². The Labute approximate surface area is 199 Å². The number of carbonyl (C=O) groups is 1. The minimum atomic E-state index is -0.262. The molecule has 4 rings (SSSR count). The summed E-state index contributed by atoms with van der Waals surface area (Å²) in [6.07, 6.45) is 0.681. The molecule has 0 aliphatic rings. The van der Waals surface area contributed by atoms with Crippen LogP contribution in [-0.4, -0.2) is 29.6 Å². The predicted molar refractivity (Wildman–Crippen MR) is 137 cm³/mol. The Morgan fingerprint density at radius 3 is 2.38 bits per heavy atom. The van der Waals surface area contributed by atoms with Crippen LogP contribution in [0.2, 0.25) is 0 Å². The van der Waals surface area contributed by atoms with E-state index in [-0.39, 0.29) is 18.1 Å². The van der Waals surface area contributed by atoms with Crippen molar-refractivity contribution in [2.75, 3.05) is 19.0 Å². The van der Waals surface area contributed by atoms with Crippen molar-refractivity contribution in [1.29, 1.82) is 0 Å². The largest absolute Gasteiger partial charge is 0.497 e. The molecule has 34 heavy (non-hydrogen) atoms. The molecule has 3 aromatic carbocycles. The molecule has 2 N–H and O–H groups in total. The summed E-state index contributed by atoms with van der Waals surface area (Å²) in [5, 5.41) is 3.94. The second-order valence-electron chi connectivity index (χ2n) is 8.43. The quantitative estimate of drug-likeness (QED) is 0.390. The molecule has 0 unspecified atom stereocenters. The van der Waals surface area contributed by atoms with E-state index < -0.39 is 0 Å². The van der Waals surface area contributed by atoms with Gasteiger partial charge in [0.15, 0.2) is 0 Å². The number of methoxy groups -OCH3 is 1. The van der Waals surface area contributed by atoms with Crippen molar-refractivity contribution in [1.82, 2.24) is 9.88 Å².